The fourth-order valence-electron chi connectivity index (χ4n) is 4.23. The summed E-state index contributed by atoms with van der Waals surface area (Å²) in [6.07, 6.45) is 3.58. The third-order valence-corrected chi connectivity index (χ3v) is 7.94. The average molecular weight is 526 g/mol. The van der Waals surface area contributed by atoms with E-state index in [0.717, 1.165) is 47.1 Å². The minimum Gasteiger partial charge on any atom is -0.349 e. The second-order valence-corrected chi connectivity index (χ2v) is 11.1. The smallest absolute Gasteiger partial charge is 0.349 e. The van der Waals surface area contributed by atoms with Gasteiger partial charge in [-0.15, -0.1) is 5.10 Å². The van der Waals surface area contributed by atoms with E-state index < -0.39 is 20.2 Å². The lowest BCUT2D eigenvalue weighted by atomic mass is 9.94. The Hall–Kier alpha value is -3.79. The van der Waals surface area contributed by atoms with Crippen molar-refractivity contribution < 1.29 is 26.4 Å². The number of hydrogen-bond donors (Lipinski definition) is 1. The Bertz CT molecular complexity index is 1660. The minimum atomic E-state index is -5.46. The highest BCUT2D eigenvalue weighted by molar-refractivity contribution is 7.92. The monoisotopic (exact) mass is 525 g/mol. The van der Waals surface area contributed by atoms with Gasteiger partial charge in [-0.1, -0.05) is 24.3 Å². The third kappa shape index (κ3) is 4.69. The maximum Gasteiger partial charge on any atom is 0.501 e. The van der Waals surface area contributed by atoms with Crippen molar-refractivity contribution in [1.29, 1.82) is 0 Å². The van der Waals surface area contributed by atoms with Crippen molar-refractivity contribution in [3.63, 3.8) is 0 Å². The van der Waals surface area contributed by atoms with Gasteiger partial charge in [0.15, 0.2) is 0 Å². The van der Waals surface area contributed by atoms with Crippen LogP contribution >= 0.6 is 0 Å². The van der Waals surface area contributed by atoms with Crippen molar-refractivity contribution in [1.82, 2.24) is 15.5 Å². The summed E-state index contributed by atoms with van der Waals surface area (Å²) in [5, 5.41) is 12.7. The topological polar surface area (TPSA) is 89.0 Å². The normalized spacial score (nSPS) is 14.1. The maximum absolute atomic E-state index is 13.0. The molecule has 0 radical (unpaired) electrons. The molecule has 37 heavy (non-hydrogen) atoms. The quantitative estimate of drug-likeness (QED) is 0.358. The van der Waals surface area contributed by atoms with Crippen LogP contribution in [0.4, 0.5) is 13.2 Å². The van der Waals surface area contributed by atoms with Gasteiger partial charge in [-0.2, -0.15) is 18.3 Å². The number of nitrogens with one attached hydrogen (secondary N) is 1. The lowest BCUT2D eigenvalue weighted by Crippen LogP contribution is -2.25. The predicted molar refractivity (Wildman–Crippen MR) is 134 cm³/mol. The fraction of sp³-hybridized carbons (Fsp3) is 0.222. The van der Waals surface area contributed by atoms with Gasteiger partial charge in [0.1, 0.15) is 5.69 Å². The van der Waals surface area contributed by atoms with Gasteiger partial charge < -0.3 is 5.32 Å². The molecule has 0 bridgehead atoms. The van der Waals surface area contributed by atoms with Crippen LogP contribution in [0.15, 0.2) is 65.7 Å². The molecule has 3 aromatic carbocycles. The number of fused-ring (bicyclic) bond motifs is 1. The molecule has 1 saturated carbocycles. The Labute approximate surface area is 211 Å². The van der Waals surface area contributed by atoms with Crippen molar-refractivity contribution in [3.05, 3.63) is 77.5 Å². The Morgan fingerprint density at radius 3 is 2.38 bits per heavy atom. The summed E-state index contributed by atoms with van der Waals surface area (Å²) < 4.78 is 62.6. The number of carbonyl (C=O) groups excluding carboxylic acids is 1. The molecule has 4 aromatic rings. The van der Waals surface area contributed by atoms with Crippen molar-refractivity contribution >= 4 is 26.5 Å². The Balaban J connectivity index is 1.54. The van der Waals surface area contributed by atoms with Gasteiger partial charge in [-0.3, -0.25) is 4.79 Å². The lowest BCUT2D eigenvalue weighted by molar-refractivity contribution is -0.0436. The number of aryl methyl sites for hydroxylation is 2. The Morgan fingerprint density at radius 2 is 1.70 bits per heavy atom. The summed E-state index contributed by atoms with van der Waals surface area (Å²) in [6.45, 7) is 3.49. The first kappa shape index (κ1) is 24.9. The molecule has 6 nitrogen and oxygen atoms in total. The molecular weight excluding hydrogens is 503 g/mol. The second-order valence-electron chi connectivity index (χ2n) is 9.20. The number of amides is 1. The van der Waals surface area contributed by atoms with Crippen molar-refractivity contribution in [2.75, 3.05) is 0 Å². The first-order chi connectivity index (χ1) is 17.5. The molecule has 1 amide bonds. The fourth-order valence-corrected chi connectivity index (χ4v) is 5.07. The summed E-state index contributed by atoms with van der Waals surface area (Å²) in [5.41, 5.74) is -0.845. The Kier molecular flexibility index (Phi) is 6.02. The van der Waals surface area contributed by atoms with E-state index in [1.807, 2.05) is 37.3 Å². The number of alkyl halides is 3. The first-order valence-corrected chi connectivity index (χ1v) is 13.0. The summed E-state index contributed by atoms with van der Waals surface area (Å²) in [4.78, 5) is 11.7. The van der Waals surface area contributed by atoms with Crippen LogP contribution in [0, 0.1) is 13.8 Å². The largest absolute Gasteiger partial charge is 0.501 e. The summed E-state index contributed by atoms with van der Waals surface area (Å²) in [7, 11) is -5.46. The van der Waals surface area contributed by atoms with Crippen LogP contribution in [0.5, 0.6) is 0 Å². The number of nitrogens with zero attached hydrogens (tertiary/aromatic N) is 2. The third-order valence-electron chi connectivity index (χ3n) is 6.45. The van der Waals surface area contributed by atoms with E-state index in [4.69, 9.17) is 0 Å². The van der Waals surface area contributed by atoms with Gasteiger partial charge in [-0.25, -0.2) is 8.42 Å². The zero-order chi connectivity index (χ0) is 26.5. The van der Waals surface area contributed by atoms with E-state index in [2.05, 4.69) is 15.5 Å². The molecule has 1 aromatic heterocycles. The highest BCUT2D eigenvalue weighted by atomic mass is 32.2. The number of sulfone groups is 1. The van der Waals surface area contributed by atoms with Gasteiger partial charge >= 0.3 is 5.51 Å². The van der Waals surface area contributed by atoms with Gasteiger partial charge in [0, 0.05) is 27.9 Å². The molecule has 0 saturated heterocycles. The molecule has 1 aliphatic carbocycles. The number of benzene rings is 3. The number of rotatable bonds is 5. The number of carbonyl (C=O) groups is 1. The first-order valence-electron chi connectivity index (χ1n) is 11.6. The summed E-state index contributed by atoms with van der Waals surface area (Å²) in [6, 6.07) is 14.7. The van der Waals surface area contributed by atoms with E-state index in [1.165, 1.54) is 13.0 Å². The molecule has 190 valence electrons. The van der Waals surface area contributed by atoms with Gasteiger partial charge in [0.2, 0.25) is 0 Å². The number of halogens is 3. The predicted octanol–water partition coefficient (Wildman–Crippen LogP) is 5.77. The molecule has 10 heteroatoms. The molecule has 0 atom stereocenters. The van der Waals surface area contributed by atoms with E-state index in [-0.39, 0.29) is 11.9 Å². The molecular formula is C27H22F3N3O3S. The highest BCUT2D eigenvalue weighted by Gasteiger charge is 2.47. The van der Waals surface area contributed by atoms with Crippen LogP contribution in [0.2, 0.25) is 0 Å². The highest BCUT2D eigenvalue weighted by Crippen LogP contribution is 2.36. The molecule has 1 aliphatic rings. The molecule has 0 aliphatic heterocycles. The van der Waals surface area contributed by atoms with E-state index in [9.17, 15) is 26.4 Å². The van der Waals surface area contributed by atoms with E-state index in [0.29, 0.717) is 27.8 Å². The molecule has 0 unspecified atom stereocenters. The Morgan fingerprint density at radius 1 is 0.946 bits per heavy atom. The van der Waals surface area contributed by atoms with Crippen LogP contribution in [0.1, 0.15) is 34.3 Å². The molecule has 5 rings (SSSR count). The molecule has 1 fully saturated rings. The van der Waals surface area contributed by atoms with E-state index >= 15 is 0 Å². The van der Waals surface area contributed by atoms with Crippen LogP contribution in [-0.4, -0.2) is 36.1 Å². The van der Waals surface area contributed by atoms with Gasteiger partial charge in [0.05, 0.1) is 11.1 Å². The summed E-state index contributed by atoms with van der Waals surface area (Å²) in [5.74, 6) is -0.107. The van der Waals surface area contributed by atoms with Gasteiger partial charge in [0.25, 0.3) is 15.7 Å². The average Bonchev–Trinajstić information content (AvgIpc) is 3.67. The SMILES string of the molecule is Cc1ccc(C(=O)NC2CC2)cc1-c1ccc2c(-c3ccc(S(=O)(=O)C(F)(F)F)cc3C)nncc2c1. The molecule has 1 heterocycles. The molecule has 0 spiro atoms. The number of hydrogen-bond acceptors (Lipinski definition) is 5. The van der Waals surface area contributed by atoms with Crippen LogP contribution in [0.3, 0.4) is 0 Å². The minimum absolute atomic E-state index is 0.107. The van der Waals surface area contributed by atoms with Crippen molar-refractivity contribution in [2.24, 2.45) is 0 Å². The van der Waals surface area contributed by atoms with Crippen molar-refractivity contribution in [2.45, 2.75) is 43.1 Å². The number of aromatic nitrogens is 2. The standard InChI is InChI=1S/C27H22F3N3O3S/c1-15-3-4-18(26(34)32-20-6-7-20)13-24(15)17-5-9-23-19(12-17)14-31-33-25(23)22-10-8-21(11-16(22)2)37(35,36)27(28,29)30/h3-5,8-14,20H,6-7H2,1-2H3,(H,32,34). The summed E-state index contributed by atoms with van der Waals surface area (Å²) >= 11 is 0. The lowest BCUT2D eigenvalue weighted by Gasteiger charge is -2.13. The van der Waals surface area contributed by atoms with Crippen LogP contribution in [-0.2, 0) is 9.84 Å². The molecule has 1 N–H and O–H groups in total. The maximum atomic E-state index is 13.0. The van der Waals surface area contributed by atoms with Gasteiger partial charge in [-0.05, 0) is 79.3 Å². The van der Waals surface area contributed by atoms with Crippen molar-refractivity contribution in [3.8, 4) is 22.4 Å². The zero-order valence-corrected chi connectivity index (χ0v) is 20.7. The zero-order valence-electron chi connectivity index (χ0n) is 19.9. The van der Waals surface area contributed by atoms with Crippen LogP contribution in [0.25, 0.3) is 33.2 Å². The van der Waals surface area contributed by atoms with Crippen LogP contribution < -0.4 is 5.32 Å². The van der Waals surface area contributed by atoms with E-state index in [1.54, 1.807) is 12.3 Å². The second kappa shape index (κ2) is 8.95.